The fraction of sp³-hybridized carbons (Fsp3) is 0.250. The summed E-state index contributed by atoms with van der Waals surface area (Å²) >= 11 is 5.94. The molecule has 0 spiro atoms. The molecule has 0 saturated heterocycles. The fourth-order valence-electron chi connectivity index (χ4n) is 2.36. The number of carbonyl (C=O) groups excluding carboxylic acids is 2. The van der Waals surface area contributed by atoms with E-state index in [1.807, 2.05) is 0 Å². The smallest absolute Gasteiger partial charge is 0.240 e. The zero-order chi connectivity index (χ0) is 21.2. The van der Waals surface area contributed by atoms with Gasteiger partial charge in [-0.3, -0.25) is 9.59 Å². The van der Waals surface area contributed by atoms with Crippen LogP contribution in [0.15, 0.2) is 41.5 Å². The van der Waals surface area contributed by atoms with Crippen LogP contribution in [-0.2, 0) is 9.59 Å². The van der Waals surface area contributed by atoms with Gasteiger partial charge < -0.3 is 19.9 Å². The number of aromatic hydroxyl groups is 1. The highest BCUT2D eigenvalue weighted by Crippen LogP contribution is 2.34. The number of carbonyl (C=O) groups is 2. The lowest BCUT2D eigenvalue weighted by atomic mass is 10.2. The molecule has 0 bridgehead atoms. The third-order valence-electron chi connectivity index (χ3n) is 3.71. The van der Waals surface area contributed by atoms with Crippen LogP contribution in [0.2, 0.25) is 5.02 Å². The number of phenols is 1. The molecule has 0 aliphatic heterocycles. The van der Waals surface area contributed by atoms with Crippen LogP contribution >= 0.6 is 11.6 Å². The van der Waals surface area contributed by atoms with Crippen molar-refractivity contribution in [2.24, 2.45) is 5.10 Å². The van der Waals surface area contributed by atoms with Crippen molar-refractivity contribution in [2.45, 2.75) is 19.8 Å². The van der Waals surface area contributed by atoms with Crippen molar-refractivity contribution in [2.75, 3.05) is 19.0 Å². The molecule has 2 amide bonds. The first-order chi connectivity index (χ1) is 13.9. The summed E-state index contributed by atoms with van der Waals surface area (Å²) in [6.45, 7) is 2.14. The minimum atomic E-state index is -0.425. The molecule has 3 N–H and O–H groups in total. The lowest BCUT2D eigenvalue weighted by molar-refractivity contribution is -0.124. The molecule has 0 aromatic heterocycles. The van der Waals surface area contributed by atoms with E-state index < -0.39 is 5.91 Å². The van der Waals surface area contributed by atoms with E-state index in [-0.39, 0.29) is 35.3 Å². The number of methoxy groups -OCH3 is 1. The molecule has 154 valence electrons. The number of hydrogen-bond donors (Lipinski definition) is 3. The predicted molar refractivity (Wildman–Crippen MR) is 111 cm³/mol. The number of rotatable bonds is 9. The molecule has 2 aromatic carbocycles. The Kier molecular flexibility index (Phi) is 8.29. The Morgan fingerprint density at radius 2 is 1.90 bits per heavy atom. The maximum Gasteiger partial charge on any atom is 0.240 e. The summed E-state index contributed by atoms with van der Waals surface area (Å²) in [5, 5.41) is 16.4. The first-order valence-electron chi connectivity index (χ1n) is 8.84. The van der Waals surface area contributed by atoms with E-state index in [4.69, 9.17) is 21.1 Å². The van der Waals surface area contributed by atoms with E-state index in [0.717, 1.165) is 0 Å². The van der Waals surface area contributed by atoms with Crippen molar-refractivity contribution in [3.63, 3.8) is 0 Å². The first kappa shape index (κ1) is 22.0. The zero-order valence-electron chi connectivity index (χ0n) is 16.1. The minimum absolute atomic E-state index is 0.0150. The number of benzene rings is 2. The Morgan fingerprint density at radius 1 is 1.17 bits per heavy atom. The van der Waals surface area contributed by atoms with Gasteiger partial charge in [0.1, 0.15) is 5.75 Å². The topological polar surface area (TPSA) is 109 Å². The minimum Gasteiger partial charge on any atom is -0.503 e. The summed E-state index contributed by atoms with van der Waals surface area (Å²) in [5.41, 5.74) is 3.41. The maximum atomic E-state index is 12.0. The summed E-state index contributed by atoms with van der Waals surface area (Å²) in [7, 11) is 1.51. The largest absolute Gasteiger partial charge is 0.503 e. The number of ether oxygens (including phenoxy) is 2. The number of hydrazone groups is 1. The zero-order valence-corrected chi connectivity index (χ0v) is 16.8. The van der Waals surface area contributed by atoms with Crippen LogP contribution in [0.3, 0.4) is 0 Å². The standard InChI is InChI=1S/C20H22ClN3O5/c1-3-29-17-11-13(10-14(21)20(17)27)12-22-24-19(26)9-8-18(25)23-15-6-4-5-7-16(15)28-2/h4-7,10-12,27H,3,8-9H2,1-2H3,(H,23,25)(H,24,26). The number of hydrogen-bond acceptors (Lipinski definition) is 6. The van der Waals surface area contributed by atoms with Crippen LogP contribution < -0.4 is 20.2 Å². The van der Waals surface area contributed by atoms with Gasteiger partial charge in [0.25, 0.3) is 0 Å². The third-order valence-corrected chi connectivity index (χ3v) is 4.00. The molecule has 29 heavy (non-hydrogen) atoms. The second-order valence-corrected chi connectivity index (χ2v) is 6.23. The van der Waals surface area contributed by atoms with Crippen molar-refractivity contribution in [3.05, 3.63) is 47.0 Å². The van der Waals surface area contributed by atoms with Gasteiger partial charge in [-0.1, -0.05) is 23.7 Å². The summed E-state index contributed by atoms with van der Waals surface area (Å²) < 4.78 is 10.4. The Hall–Kier alpha value is -3.26. The number of nitrogens with one attached hydrogen (secondary N) is 2. The first-order valence-corrected chi connectivity index (χ1v) is 9.22. The summed E-state index contributed by atoms with van der Waals surface area (Å²) in [6.07, 6.45) is 1.30. The highest BCUT2D eigenvalue weighted by atomic mass is 35.5. The Labute approximate surface area is 173 Å². The van der Waals surface area contributed by atoms with Gasteiger partial charge in [-0.15, -0.1) is 0 Å². The molecule has 9 heteroatoms. The van der Waals surface area contributed by atoms with Gasteiger partial charge in [0.05, 0.1) is 30.6 Å². The van der Waals surface area contributed by atoms with E-state index in [0.29, 0.717) is 23.6 Å². The van der Waals surface area contributed by atoms with E-state index >= 15 is 0 Å². The third kappa shape index (κ3) is 6.69. The van der Waals surface area contributed by atoms with Gasteiger partial charge in [-0.2, -0.15) is 5.10 Å². The molecular weight excluding hydrogens is 398 g/mol. The van der Waals surface area contributed by atoms with Crippen molar-refractivity contribution in [3.8, 4) is 17.2 Å². The Balaban J connectivity index is 1.84. The number of halogens is 1. The van der Waals surface area contributed by atoms with Crippen molar-refractivity contribution in [1.82, 2.24) is 5.43 Å². The van der Waals surface area contributed by atoms with Gasteiger partial charge in [-0.25, -0.2) is 5.43 Å². The molecule has 0 aliphatic rings. The predicted octanol–water partition coefficient (Wildman–Crippen LogP) is 3.32. The number of phenolic OH excluding ortho intramolecular Hbond substituents is 1. The van der Waals surface area contributed by atoms with E-state index in [1.165, 1.54) is 19.4 Å². The van der Waals surface area contributed by atoms with Crippen molar-refractivity contribution in [1.29, 1.82) is 0 Å². The van der Waals surface area contributed by atoms with Crippen molar-refractivity contribution < 1.29 is 24.2 Å². The molecule has 0 atom stereocenters. The fourth-order valence-corrected chi connectivity index (χ4v) is 2.58. The van der Waals surface area contributed by atoms with E-state index in [9.17, 15) is 14.7 Å². The van der Waals surface area contributed by atoms with Gasteiger partial charge >= 0.3 is 0 Å². The number of nitrogens with zero attached hydrogens (tertiary/aromatic N) is 1. The quantitative estimate of drug-likeness (QED) is 0.426. The summed E-state index contributed by atoms with van der Waals surface area (Å²) in [6, 6.07) is 10.0. The van der Waals surface area contributed by atoms with Gasteiger partial charge in [-0.05, 0) is 36.8 Å². The van der Waals surface area contributed by atoms with Gasteiger partial charge in [0.2, 0.25) is 11.8 Å². The average Bonchev–Trinajstić information content (AvgIpc) is 2.70. The summed E-state index contributed by atoms with van der Waals surface area (Å²) in [5.74, 6) is -0.142. The van der Waals surface area contributed by atoms with Crippen LogP contribution in [0.25, 0.3) is 0 Å². The van der Waals surface area contributed by atoms with Gasteiger partial charge in [0.15, 0.2) is 11.5 Å². The molecule has 0 aliphatic carbocycles. The maximum absolute atomic E-state index is 12.0. The molecule has 0 heterocycles. The molecule has 2 aromatic rings. The number of para-hydroxylation sites is 2. The van der Waals surface area contributed by atoms with Crippen LogP contribution in [0.4, 0.5) is 5.69 Å². The molecule has 8 nitrogen and oxygen atoms in total. The lowest BCUT2D eigenvalue weighted by Crippen LogP contribution is -2.20. The molecule has 0 saturated carbocycles. The second-order valence-electron chi connectivity index (χ2n) is 5.82. The number of amides is 2. The second kappa shape index (κ2) is 10.9. The van der Waals surface area contributed by atoms with Gasteiger partial charge in [0, 0.05) is 12.8 Å². The molecular formula is C20H22ClN3O5. The molecule has 0 radical (unpaired) electrons. The lowest BCUT2D eigenvalue weighted by Gasteiger charge is -2.09. The monoisotopic (exact) mass is 419 g/mol. The van der Waals surface area contributed by atoms with E-state index in [1.54, 1.807) is 37.3 Å². The Morgan fingerprint density at radius 3 is 2.62 bits per heavy atom. The van der Waals surface area contributed by atoms with Crippen LogP contribution in [0.1, 0.15) is 25.3 Å². The van der Waals surface area contributed by atoms with Crippen LogP contribution in [-0.4, -0.2) is 36.9 Å². The highest BCUT2D eigenvalue weighted by Gasteiger charge is 2.10. The summed E-state index contributed by atoms with van der Waals surface area (Å²) in [4.78, 5) is 23.9. The van der Waals surface area contributed by atoms with Crippen molar-refractivity contribution >= 4 is 35.3 Å². The van der Waals surface area contributed by atoms with Crippen LogP contribution in [0.5, 0.6) is 17.2 Å². The molecule has 0 fully saturated rings. The molecule has 2 rings (SSSR count). The SMILES string of the molecule is CCOc1cc(C=NNC(=O)CCC(=O)Nc2ccccc2OC)cc(Cl)c1O. The Bertz CT molecular complexity index is 902. The average molecular weight is 420 g/mol. The van der Waals surface area contributed by atoms with E-state index in [2.05, 4.69) is 15.8 Å². The highest BCUT2D eigenvalue weighted by molar-refractivity contribution is 6.32. The molecule has 0 unspecified atom stereocenters. The van der Waals surface area contributed by atoms with Crippen LogP contribution in [0, 0.1) is 0 Å². The number of anilines is 1. The normalized spacial score (nSPS) is 10.6.